The van der Waals surface area contributed by atoms with E-state index in [1.54, 1.807) is 30.1 Å². The molecular formula is C19H23N7O. The lowest BCUT2D eigenvalue weighted by molar-refractivity contribution is -0.119. The van der Waals surface area contributed by atoms with Gasteiger partial charge in [-0.15, -0.1) is 0 Å². The average Bonchev–Trinajstić information content (AvgIpc) is 3.17. The molecule has 0 aliphatic rings. The zero-order chi connectivity index (χ0) is 19.2. The molecule has 0 fully saturated rings. The summed E-state index contributed by atoms with van der Waals surface area (Å²) in [6.07, 6.45) is 3.42. The van der Waals surface area contributed by atoms with E-state index in [1.807, 2.05) is 44.2 Å². The Hall–Kier alpha value is -3.42. The second-order valence-corrected chi connectivity index (χ2v) is 6.07. The van der Waals surface area contributed by atoms with Crippen LogP contribution >= 0.6 is 0 Å². The Morgan fingerprint density at radius 2 is 1.85 bits per heavy atom. The second-order valence-electron chi connectivity index (χ2n) is 6.07. The van der Waals surface area contributed by atoms with Crippen molar-refractivity contribution < 1.29 is 4.79 Å². The first-order valence-electron chi connectivity index (χ1n) is 8.82. The van der Waals surface area contributed by atoms with Crippen LogP contribution in [0.25, 0.3) is 0 Å². The average molecular weight is 365 g/mol. The maximum atomic E-state index is 12.3. The van der Waals surface area contributed by atoms with Crippen molar-refractivity contribution in [3.05, 3.63) is 54.6 Å². The van der Waals surface area contributed by atoms with Crippen molar-refractivity contribution in [1.29, 1.82) is 0 Å². The summed E-state index contributed by atoms with van der Waals surface area (Å²) >= 11 is 0. The maximum Gasteiger partial charge on any atom is 0.248 e. The van der Waals surface area contributed by atoms with Gasteiger partial charge in [0.05, 0.1) is 0 Å². The standard InChI is InChI=1S/C19H23N7O/c1-4-20-17-12-18(23-14(3)22-17)24-15-6-8-16(9-7-15)25-19(27)13(2)26-11-5-10-21-26/h5-13H,4H2,1-3H3,(H,25,27)(H2,20,22,23,24). The van der Waals surface area contributed by atoms with Gasteiger partial charge in [0.2, 0.25) is 5.91 Å². The Morgan fingerprint density at radius 1 is 1.15 bits per heavy atom. The van der Waals surface area contributed by atoms with Gasteiger partial charge >= 0.3 is 0 Å². The van der Waals surface area contributed by atoms with Crippen molar-refractivity contribution in [3.8, 4) is 0 Å². The number of nitrogens with one attached hydrogen (secondary N) is 3. The molecule has 1 atom stereocenters. The summed E-state index contributed by atoms with van der Waals surface area (Å²) in [5.41, 5.74) is 1.59. The number of amides is 1. The number of aromatic nitrogens is 4. The molecule has 27 heavy (non-hydrogen) atoms. The molecule has 2 heterocycles. The first-order chi connectivity index (χ1) is 13.0. The summed E-state index contributed by atoms with van der Waals surface area (Å²) in [6, 6.07) is 10.7. The number of aryl methyl sites for hydroxylation is 1. The second kappa shape index (κ2) is 8.31. The third-order valence-corrected chi connectivity index (χ3v) is 3.92. The molecule has 3 rings (SSSR count). The lowest BCUT2D eigenvalue weighted by Gasteiger charge is -2.13. The van der Waals surface area contributed by atoms with E-state index >= 15 is 0 Å². The van der Waals surface area contributed by atoms with Gasteiger partial charge in [0.15, 0.2) is 0 Å². The number of rotatable bonds is 7. The Labute approximate surface area is 158 Å². The summed E-state index contributed by atoms with van der Waals surface area (Å²) in [5.74, 6) is 2.06. The minimum absolute atomic E-state index is 0.124. The summed E-state index contributed by atoms with van der Waals surface area (Å²) in [4.78, 5) is 21.0. The summed E-state index contributed by atoms with van der Waals surface area (Å²) < 4.78 is 1.62. The third kappa shape index (κ3) is 4.81. The zero-order valence-corrected chi connectivity index (χ0v) is 15.6. The SMILES string of the molecule is CCNc1cc(Nc2ccc(NC(=O)C(C)n3cccn3)cc2)nc(C)n1. The molecule has 1 aromatic carbocycles. The van der Waals surface area contributed by atoms with Gasteiger partial charge in [-0.2, -0.15) is 5.10 Å². The van der Waals surface area contributed by atoms with E-state index in [0.717, 1.165) is 23.7 Å². The Balaban J connectivity index is 1.64. The Morgan fingerprint density at radius 3 is 2.52 bits per heavy atom. The number of anilines is 4. The first-order valence-corrected chi connectivity index (χ1v) is 8.82. The molecule has 3 aromatic rings. The number of carbonyl (C=O) groups excluding carboxylic acids is 1. The van der Waals surface area contributed by atoms with E-state index in [4.69, 9.17) is 0 Å². The molecule has 0 saturated heterocycles. The molecule has 3 N–H and O–H groups in total. The molecule has 8 heteroatoms. The van der Waals surface area contributed by atoms with Gasteiger partial charge in [-0.05, 0) is 51.1 Å². The van der Waals surface area contributed by atoms with Crippen molar-refractivity contribution in [2.45, 2.75) is 26.8 Å². The van der Waals surface area contributed by atoms with E-state index in [2.05, 4.69) is 31.0 Å². The van der Waals surface area contributed by atoms with Gasteiger partial charge in [-0.1, -0.05) is 0 Å². The minimum atomic E-state index is -0.383. The van der Waals surface area contributed by atoms with Gasteiger partial charge in [-0.3, -0.25) is 9.48 Å². The smallest absolute Gasteiger partial charge is 0.248 e. The highest BCUT2D eigenvalue weighted by Gasteiger charge is 2.14. The fourth-order valence-electron chi connectivity index (χ4n) is 2.56. The van der Waals surface area contributed by atoms with Crippen LogP contribution in [0, 0.1) is 6.92 Å². The molecule has 0 radical (unpaired) electrons. The van der Waals surface area contributed by atoms with Crippen LogP contribution in [0.1, 0.15) is 25.7 Å². The molecule has 1 amide bonds. The number of nitrogens with zero attached hydrogens (tertiary/aromatic N) is 4. The summed E-state index contributed by atoms with van der Waals surface area (Å²) in [5, 5.41) is 13.4. The highest BCUT2D eigenvalue weighted by atomic mass is 16.2. The van der Waals surface area contributed by atoms with Gasteiger partial charge in [0.1, 0.15) is 23.5 Å². The lowest BCUT2D eigenvalue weighted by atomic mass is 10.2. The largest absolute Gasteiger partial charge is 0.370 e. The van der Waals surface area contributed by atoms with E-state index in [-0.39, 0.29) is 11.9 Å². The minimum Gasteiger partial charge on any atom is -0.370 e. The van der Waals surface area contributed by atoms with Crippen LogP contribution < -0.4 is 16.0 Å². The molecule has 140 valence electrons. The van der Waals surface area contributed by atoms with Crippen molar-refractivity contribution >= 4 is 28.9 Å². The summed E-state index contributed by atoms with van der Waals surface area (Å²) in [7, 11) is 0. The predicted octanol–water partition coefficient (Wildman–Crippen LogP) is 3.36. The highest BCUT2D eigenvalue weighted by molar-refractivity contribution is 5.93. The van der Waals surface area contributed by atoms with Crippen LogP contribution in [-0.4, -0.2) is 32.2 Å². The molecule has 0 spiro atoms. The van der Waals surface area contributed by atoms with Gasteiger partial charge < -0.3 is 16.0 Å². The van der Waals surface area contributed by atoms with Crippen LogP contribution in [0.4, 0.5) is 23.0 Å². The highest BCUT2D eigenvalue weighted by Crippen LogP contribution is 2.20. The fourth-order valence-corrected chi connectivity index (χ4v) is 2.56. The molecule has 0 aliphatic heterocycles. The molecule has 0 aliphatic carbocycles. The Kier molecular flexibility index (Phi) is 5.65. The molecular weight excluding hydrogens is 342 g/mol. The third-order valence-electron chi connectivity index (χ3n) is 3.92. The quantitative estimate of drug-likeness (QED) is 0.594. The monoisotopic (exact) mass is 365 g/mol. The number of benzene rings is 1. The number of hydrogen-bond acceptors (Lipinski definition) is 6. The van der Waals surface area contributed by atoms with Crippen LogP contribution in [0.15, 0.2) is 48.8 Å². The van der Waals surface area contributed by atoms with Crippen molar-refractivity contribution in [1.82, 2.24) is 19.7 Å². The van der Waals surface area contributed by atoms with Gasteiger partial charge in [0.25, 0.3) is 0 Å². The number of carbonyl (C=O) groups is 1. The van der Waals surface area contributed by atoms with E-state index in [1.165, 1.54) is 0 Å². The van der Waals surface area contributed by atoms with Crippen LogP contribution in [0.3, 0.4) is 0 Å². The molecule has 1 unspecified atom stereocenters. The normalized spacial score (nSPS) is 11.7. The molecule has 0 bridgehead atoms. The zero-order valence-electron chi connectivity index (χ0n) is 15.6. The van der Waals surface area contributed by atoms with Crippen LogP contribution in [0.2, 0.25) is 0 Å². The van der Waals surface area contributed by atoms with Gasteiger partial charge in [0, 0.05) is 36.4 Å². The van der Waals surface area contributed by atoms with Crippen molar-refractivity contribution in [2.24, 2.45) is 0 Å². The first kappa shape index (κ1) is 18.4. The van der Waals surface area contributed by atoms with Crippen molar-refractivity contribution in [2.75, 3.05) is 22.5 Å². The Bertz CT molecular complexity index is 891. The number of hydrogen-bond donors (Lipinski definition) is 3. The summed E-state index contributed by atoms with van der Waals surface area (Å²) in [6.45, 7) is 6.47. The van der Waals surface area contributed by atoms with Crippen molar-refractivity contribution in [3.63, 3.8) is 0 Å². The van der Waals surface area contributed by atoms with E-state index < -0.39 is 0 Å². The topological polar surface area (TPSA) is 96.8 Å². The van der Waals surface area contributed by atoms with Crippen LogP contribution in [0.5, 0.6) is 0 Å². The van der Waals surface area contributed by atoms with Crippen LogP contribution in [-0.2, 0) is 4.79 Å². The van der Waals surface area contributed by atoms with E-state index in [9.17, 15) is 4.79 Å². The maximum absolute atomic E-state index is 12.3. The molecule has 0 saturated carbocycles. The predicted molar refractivity (Wildman–Crippen MR) is 106 cm³/mol. The van der Waals surface area contributed by atoms with Gasteiger partial charge in [-0.25, -0.2) is 9.97 Å². The fraction of sp³-hybridized carbons (Fsp3) is 0.263. The molecule has 8 nitrogen and oxygen atoms in total. The van der Waals surface area contributed by atoms with E-state index in [0.29, 0.717) is 11.6 Å². The lowest BCUT2D eigenvalue weighted by Crippen LogP contribution is -2.23. The molecule has 2 aromatic heterocycles.